The number of aromatic nitrogens is 1. The van der Waals surface area contributed by atoms with Gasteiger partial charge in [0.25, 0.3) is 5.91 Å². The molecule has 0 aliphatic rings. The number of amides is 1. The van der Waals surface area contributed by atoms with Crippen molar-refractivity contribution in [3.05, 3.63) is 52.1 Å². The highest BCUT2D eigenvalue weighted by Gasteiger charge is 2.22. The van der Waals surface area contributed by atoms with Crippen molar-refractivity contribution in [2.45, 2.75) is 40.3 Å². The fraction of sp³-hybridized carbons (Fsp3) is 0.333. The number of nitrogens with zero attached hydrogens (tertiary/aromatic N) is 1. The minimum atomic E-state index is -1.01. The first-order valence-corrected chi connectivity index (χ1v) is 8.26. The lowest BCUT2D eigenvalue weighted by atomic mass is 10.2. The molecule has 0 radical (unpaired) electrons. The quantitative estimate of drug-likeness (QED) is 0.810. The predicted molar refractivity (Wildman–Crippen MR) is 94.5 cm³/mol. The molecule has 1 atom stereocenters. The van der Waals surface area contributed by atoms with Crippen LogP contribution in [0, 0.1) is 19.7 Å². The molecule has 0 aliphatic heterocycles. The van der Waals surface area contributed by atoms with Gasteiger partial charge in [-0.1, -0.05) is 11.6 Å². The Morgan fingerprint density at radius 1 is 1.32 bits per heavy atom. The van der Waals surface area contributed by atoms with Crippen molar-refractivity contribution in [2.75, 3.05) is 5.32 Å². The third kappa shape index (κ3) is 4.20. The molecule has 1 aromatic heterocycles. The lowest BCUT2D eigenvalue weighted by Gasteiger charge is -2.14. The topological polar surface area (TPSA) is 60.3 Å². The third-order valence-corrected chi connectivity index (χ3v) is 4.24. The number of carbonyl (C=O) groups is 2. The van der Waals surface area contributed by atoms with Crippen LogP contribution < -0.4 is 5.32 Å². The summed E-state index contributed by atoms with van der Waals surface area (Å²) in [5, 5.41) is 2.43. The van der Waals surface area contributed by atoms with E-state index < -0.39 is 23.8 Å². The largest absolute Gasteiger partial charge is 0.449 e. The number of hydrogen-bond acceptors (Lipinski definition) is 3. The summed E-state index contributed by atoms with van der Waals surface area (Å²) in [5.41, 5.74) is 2.50. The minimum absolute atomic E-state index is 0.102. The Hall–Kier alpha value is -2.34. The second kappa shape index (κ2) is 7.70. The molecule has 2 rings (SSSR count). The monoisotopic (exact) mass is 366 g/mol. The van der Waals surface area contributed by atoms with Crippen molar-refractivity contribution in [1.82, 2.24) is 4.57 Å². The fourth-order valence-corrected chi connectivity index (χ4v) is 2.77. The van der Waals surface area contributed by atoms with Crippen LogP contribution >= 0.6 is 11.6 Å². The lowest BCUT2D eigenvalue weighted by molar-refractivity contribution is -0.123. The second-order valence-electron chi connectivity index (χ2n) is 5.69. The molecule has 0 bridgehead atoms. The van der Waals surface area contributed by atoms with Crippen LogP contribution in [0.1, 0.15) is 35.6 Å². The lowest BCUT2D eigenvalue weighted by Crippen LogP contribution is -2.30. The van der Waals surface area contributed by atoms with Crippen LogP contribution in [0.3, 0.4) is 0 Å². The van der Waals surface area contributed by atoms with Crippen molar-refractivity contribution >= 4 is 29.2 Å². The maximum absolute atomic E-state index is 13.1. The molecule has 1 N–H and O–H groups in total. The van der Waals surface area contributed by atoms with E-state index in [2.05, 4.69) is 5.32 Å². The van der Waals surface area contributed by atoms with Crippen LogP contribution in [-0.4, -0.2) is 22.5 Å². The molecular weight excluding hydrogens is 347 g/mol. The molecule has 5 nitrogen and oxygen atoms in total. The minimum Gasteiger partial charge on any atom is -0.449 e. The molecule has 1 aromatic carbocycles. The second-order valence-corrected chi connectivity index (χ2v) is 6.10. The molecule has 1 heterocycles. The van der Waals surface area contributed by atoms with E-state index in [0.717, 1.165) is 24.0 Å². The van der Waals surface area contributed by atoms with Crippen molar-refractivity contribution < 1.29 is 18.7 Å². The number of anilines is 1. The standard InChI is InChI=1S/C18H20ClFN2O3/c1-5-22-10(2)8-14(11(22)3)18(24)25-12(4)17(23)21-13-6-7-16(20)15(19)9-13/h6-9,12H,5H2,1-4H3,(H,21,23)/t12-/m1/s1. The Morgan fingerprint density at radius 2 is 2.00 bits per heavy atom. The van der Waals surface area contributed by atoms with Gasteiger partial charge in [0.1, 0.15) is 5.82 Å². The van der Waals surface area contributed by atoms with Crippen LogP contribution in [0.25, 0.3) is 0 Å². The first-order valence-electron chi connectivity index (χ1n) is 7.88. The molecule has 7 heteroatoms. The Labute approximate surface area is 150 Å². The summed E-state index contributed by atoms with van der Waals surface area (Å²) in [6.45, 7) is 7.93. The van der Waals surface area contributed by atoms with E-state index in [1.165, 1.54) is 19.1 Å². The average Bonchev–Trinajstić information content (AvgIpc) is 2.84. The van der Waals surface area contributed by atoms with Gasteiger partial charge >= 0.3 is 5.97 Å². The van der Waals surface area contributed by atoms with E-state index in [9.17, 15) is 14.0 Å². The van der Waals surface area contributed by atoms with Gasteiger partial charge in [-0.25, -0.2) is 9.18 Å². The van der Waals surface area contributed by atoms with Crippen molar-refractivity contribution in [1.29, 1.82) is 0 Å². The highest BCUT2D eigenvalue weighted by molar-refractivity contribution is 6.31. The maximum atomic E-state index is 13.1. The van der Waals surface area contributed by atoms with Gasteiger partial charge in [0, 0.05) is 23.6 Å². The maximum Gasteiger partial charge on any atom is 0.340 e. The zero-order chi connectivity index (χ0) is 18.7. The van der Waals surface area contributed by atoms with Gasteiger partial charge in [0.05, 0.1) is 10.6 Å². The molecule has 0 fully saturated rings. The van der Waals surface area contributed by atoms with Crippen molar-refractivity contribution in [3.8, 4) is 0 Å². The number of benzene rings is 1. The highest BCUT2D eigenvalue weighted by Crippen LogP contribution is 2.20. The normalized spacial score (nSPS) is 11.9. The Morgan fingerprint density at radius 3 is 2.56 bits per heavy atom. The number of halogens is 2. The van der Waals surface area contributed by atoms with E-state index in [1.54, 1.807) is 6.07 Å². The zero-order valence-corrected chi connectivity index (χ0v) is 15.3. The average molecular weight is 367 g/mol. The van der Waals surface area contributed by atoms with Crippen molar-refractivity contribution in [3.63, 3.8) is 0 Å². The predicted octanol–water partition coefficient (Wildman–Crippen LogP) is 4.10. The molecule has 0 saturated heterocycles. The van der Waals surface area contributed by atoms with E-state index in [-0.39, 0.29) is 5.02 Å². The van der Waals surface area contributed by atoms with Gasteiger partial charge in [-0.05, 0) is 52.0 Å². The molecule has 2 aromatic rings. The van der Waals surface area contributed by atoms with Gasteiger partial charge in [0.2, 0.25) is 0 Å². The Bertz CT molecular complexity index is 817. The SMILES string of the molecule is CCn1c(C)cc(C(=O)O[C@H](C)C(=O)Nc2ccc(F)c(Cl)c2)c1C. The molecule has 134 valence electrons. The van der Waals surface area contributed by atoms with Crippen LogP contribution in [0.15, 0.2) is 24.3 Å². The van der Waals surface area contributed by atoms with E-state index in [1.807, 2.05) is 25.3 Å². The van der Waals surface area contributed by atoms with Crippen LogP contribution in [-0.2, 0) is 16.1 Å². The van der Waals surface area contributed by atoms with Crippen molar-refractivity contribution in [2.24, 2.45) is 0 Å². The molecule has 0 spiro atoms. The molecular formula is C18H20ClFN2O3. The Balaban J connectivity index is 2.05. The smallest absolute Gasteiger partial charge is 0.340 e. The first-order chi connectivity index (χ1) is 11.7. The highest BCUT2D eigenvalue weighted by atomic mass is 35.5. The Kier molecular flexibility index (Phi) is 5.85. The van der Waals surface area contributed by atoms with E-state index in [4.69, 9.17) is 16.3 Å². The third-order valence-electron chi connectivity index (χ3n) is 3.95. The molecule has 0 aliphatic carbocycles. The van der Waals surface area contributed by atoms with Crippen LogP contribution in [0.5, 0.6) is 0 Å². The summed E-state index contributed by atoms with van der Waals surface area (Å²) in [4.78, 5) is 24.5. The molecule has 0 unspecified atom stereocenters. The molecule has 0 saturated carbocycles. The number of carbonyl (C=O) groups excluding carboxylic acids is 2. The van der Waals surface area contributed by atoms with Crippen LogP contribution in [0.2, 0.25) is 5.02 Å². The van der Waals surface area contributed by atoms with Crippen LogP contribution in [0.4, 0.5) is 10.1 Å². The molecule has 25 heavy (non-hydrogen) atoms. The van der Waals surface area contributed by atoms with Gasteiger partial charge < -0.3 is 14.6 Å². The van der Waals surface area contributed by atoms with E-state index in [0.29, 0.717) is 11.3 Å². The number of esters is 1. The number of ether oxygens (including phenoxy) is 1. The summed E-state index contributed by atoms with van der Waals surface area (Å²) in [6, 6.07) is 5.56. The fourth-order valence-electron chi connectivity index (χ4n) is 2.59. The van der Waals surface area contributed by atoms with Gasteiger partial charge in [-0.3, -0.25) is 4.79 Å². The summed E-state index contributed by atoms with van der Waals surface area (Å²) < 4.78 is 20.4. The summed E-state index contributed by atoms with van der Waals surface area (Å²) in [5.74, 6) is -1.67. The zero-order valence-electron chi connectivity index (χ0n) is 14.5. The summed E-state index contributed by atoms with van der Waals surface area (Å²) in [6.07, 6.45) is -1.01. The summed E-state index contributed by atoms with van der Waals surface area (Å²) >= 11 is 5.68. The van der Waals surface area contributed by atoms with Gasteiger partial charge in [0.15, 0.2) is 6.10 Å². The number of aryl methyl sites for hydroxylation is 1. The molecule has 1 amide bonds. The number of rotatable bonds is 5. The van der Waals surface area contributed by atoms with E-state index >= 15 is 0 Å². The first kappa shape index (κ1) is 19.0. The summed E-state index contributed by atoms with van der Waals surface area (Å²) in [7, 11) is 0. The van der Waals surface area contributed by atoms with Gasteiger partial charge in [-0.2, -0.15) is 0 Å². The number of hydrogen-bond donors (Lipinski definition) is 1. The number of nitrogens with one attached hydrogen (secondary N) is 1. The van der Waals surface area contributed by atoms with Gasteiger partial charge in [-0.15, -0.1) is 0 Å².